The Kier molecular flexibility index (Phi) is 3.57. The van der Waals surface area contributed by atoms with Crippen molar-refractivity contribution in [1.82, 2.24) is 9.78 Å². The van der Waals surface area contributed by atoms with Gasteiger partial charge < -0.3 is 10.5 Å². The maximum absolute atomic E-state index is 5.53. The largest absolute Gasteiger partial charge is 0.396 e. The van der Waals surface area contributed by atoms with Crippen LogP contribution in [0.15, 0.2) is 12.4 Å². The molecule has 1 atom stereocenters. The first-order valence-corrected chi connectivity index (χ1v) is 4.24. The maximum atomic E-state index is 5.53. The highest BCUT2D eigenvalue weighted by Crippen LogP contribution is 2.13. The quantitative estimate of drug-likeness (QED) is 0.782. The minimum atomic E-state index is 0. The Morgan fingerprint density at radius 2 is 2.54 bits per heavy atom. The van der Waals surface area contributed by atoms with Crippen LogP contribution < -0.4 is 5.73 Å². The van der Waals surface area contributed by atoms with Gasteiger partial charge in [-0.2, -0.15) is 5.10 Å². The van der Waals surface area contributed by atoms with E-state index in [-0.39, 0.29) is 12.4 Å². The van der Waals surface area contributed by atoms with Crippen molar-refractivity contribution in [3.63, 3.8) is 0 Å². The van der Waals surface area contributed by atoms with Gasteiger partial charge >= 0.3 is 0 Å². The fourth-order valence-electron chi connectivity index (χ4n) is 1.48. The zero-order valence-corrected chi connectivity index (χ0v) is 8.17. The maximum Gasteiger partial charge on any atom is 0.0771 e. The van der Waals surface area contributed by atoms with Crippen molar-refractivity contribution in [3.8, 4) is 0 Å². The molecule has 0 spiro atoms. The fraction of sp³-hybridized carbons (Fsp3) is 0.625. The Bertz CT molecular complexity index is 258. The predicted octanol–water partition coefficient (Wildman–Crippen LogP) is 1.07. The second-order valence-electron chi connectivity index (χ2n) is 3.13. The average molecular weight is 204 g/mol. The van der Waals surface area contributed by atoms with E-state index in [0.29, 0.717) is 11.8 Å². The van der Waals surface area contributed by atoms with E-state index in [9.17, 15) is 0 Å². The summed E-state index contributed by atoms with van der Waals surface area (Å²) in [5.41, 5.74) is 6.24. The molecule has 0 amide bonds. The van der Waals surface area contributed by atoms with E-state index in [0.717, 1.165) is 19.6 Å². The lowest BCUT2D eigenvalue weighted by molar-refractivity contribution is 0.0940. The summed E-state index contributed by atoms with van der Waals surface area (Å²) in [7, 11) is 0. The van der Waals surface area contributed by atoms with E-state index < -0.39 is 0 Å². The number of hydrogen-bond acceptors (Lipinski definition) is 3. The molecule has 2 N–H and O–H groups in total. The fourth-order valence-corrected chi connectivity index (χ4v) is 1.48. The lowest BCUT2D eigenvalue weighted by Crippen LogP contribution is -2.15. The van der Waals surface area contributed by atoms with Gasteiger partial charge in [-0.1, -0.05) is 0 Å². The van der Waals surface area contributed by atoms with Crippen molar-refractivity contribution in [1.29, 1.82) is 0 Å². The van der Waals surface area contributed by atoms with Crippen molar-refractivity contribution in [2.45, 2.75) is 25.5 Å². The number of rotatable bonds is 2. The second kappa shape index (κ2) is 4.48. The van der Waals surface area contributed by atoms with E-state index >= 15 is 0 Å². The zero-order chi connectivity index (χ0) is 8.39. The second-order valence-corrected chi connectivity index (χ2v) is 3.13. The van der Waals surface area contributed by atoms with Crippen LogP contribution in [-0.4, -0.2) is 22.5 Å². The molecule has 1 aliphatic heterocycles. The number of nitrogens with zero attached hydrogens (tertiary/aromatic N) is 2. The Morgan fingerprint density at radius 3 is 3.08 bits per heavy atom. The summed E-state index contributed by atoms with van der Waals surface area (Å²) >= 11 is 0. The Hall–Kier alpha value is -0.740. The Morgan fingerprint density at radius 1 is 1.69 bits per heavy atom. The predicted molar refractivity (Wildman–Crippen MR) is 52.9 cm³/mol. The molecular formula is C8H14ClN3O. The van der Waals surface area contributed by atoms with Crippen LogP contribution in [0, 0.1) is 0 Å². The normalized spacial score (nSPS) is 21.4. The van der Waals surface area contributed by atoms with Gasteiger partial charge in [-0.25, -0.2) is 0 Å². The van der Waals surface area contributed by atoms with Gasteiger partial charge in [0, 0.05) is 12.8 Å². The molecule has 1 unspecified atom stereocenters. The number of nitrogen functional groups attached to an aromatic ring is 1. The molecular weight excluding hydrogens is 190 g/mol. The molecule has 5 heteroatoms. The summed E-state index contributed by atoms with van der Waals surface area (Å²) in [5, 5.41) is 4.09. The number of nitrogens with two attached hydrogens (primary N) is 1. The van der Waals surface area contributed by atoms with Crippen LogP contribution in [0.1, 0.15) is 12.8 Å². The van der Waals surface area contributed by atoms with E-state index in [1.54, 1.807) is 6.20 Å². The Balaban J connectivity index is 0.000000845. The molecule has 0 radical (unpaired) electrons. The molecule has 2 rings (SSSR count). The third-order valence-electron chi connectivity index (χ3n) is 2.07. The molecule has 13 heavy (non-hydrogen) atoms. The Labute approximate surface area is 83.5 Å². The third kappa shape index (κ3) is 2.60. The first-order chi connectivity index (χ1) is 5.84. The van der Waals surface area contributed by atoms with E-state index in [2.05, 4.69) is 5.10 Å². The molecule has 1 aromatic heterocycles. The monoisotopic (exact) mass is 203 g/mol. The molecule has 1 aliphatic rings. The molecule has 0 bridgehead atoms. The number of anilines is 1. The van der Waals surface area contributed by atoms with Gasteiger partial charge in [0.25, 0.3) is 0 Å². The van der Waals surface area contributed by atoms with Gasteiger partial charge in [0.1, 0.15) is 0 Å². The lowest BCUT2D eigenvalue weighted by atomic mass is 10.2. The number of halogens is 1. The van der Waals surface area contributed by atoms with Gasteiger partial charge in [-0.15, -0.1) is 12.4 Å². The van der Waals surface area contributed by atoms with Crippen molar-refractivity contribution < 1.29 is 4.74 Å². The minimum Gasteiger partial charge on any atom is -0.396 e. The summed E-state index contributed by atoms with van der Waals surface area (Å²) in [6, 6.07) is 0. The highest BCUT2D eigenvalue weighted by atomic mass is 35.5. The highest BCUT2D eigenvalue weighted by molar-refractivity contribution is 5.85. The van der Waals surface area contributed by atoms with E-state index in [1.165, 1.54) is 6.42 Å². The summed E-state index contributed by atoms with van der Waals surface area (Å²) < 4.78 is 7.30. The van der Waals surface area contributed by atoms with Gasteiger partial charge in [-0.3, -0.25) is 4.68 Å². The molecule has 74 valence electrons. The van der Waals surface area contributed by atoms with Crippen LogP contribution in [0.2, 0.25) is 0 Å². The molecule has 4 nitrogen and oxygen atoms in total. The first kappa shape index (κ1) is 10.3. The molecule has 0 saturated carbocycles. The topological polar surface area (TPSA) is 53.1 Å². The smallest absolute Gasteiger partial charge is 0.0771 e. The number of ether oxygens (including phenoxy) is 1. The molecule has 0 aliphatic carbocycles. The number of hydrogen-bond donors (Lipinski definition) is 1. The SMILES string of the molecule is Cl.Nc1cnn(CC2CCCO2)c1. The first-order valence-electron chi connectivity index (χ1n) is 4.24. The van der Waals surface area contributed by atoms with Gasteiger partial charge in [0.2, 0.25) is 0 Å². The standard InChI is InChI=1S/C8H13N3O.ClH/c9-7-4-10-11(5-7)6-8-2-1-3-12-8;/h4-5,8H,1-3,6,9H2;1H. The average Bonchev–Trinajstić information content (AvgIpc) is 2.63. The molecule has 1 fully saturated rings. The molecule has 2 heterocycles. The highest BCUT2D eigenvalue weighted by Gasteiger charge is 2.15. The lowest BCUT2D eigenvalue weighted by Gasteiger charge is -2.08. The van der Waals surface area contributed by atoms with Crippen molar-refractivity contribution in [3.05, 3.63) is 12.4 Å². The molecule has 0 aromatic carbocycles. The summed E-state index contributed by atoms with van der Waals surface area (Å²) in [6.07, 6.45) is 6.14. The molecule has 1 aromatic rings. The van der Waals surface area contributed by atoms with Crippen LogP contribution in [0.5, 0.6) is 0 Å². The van der Waals surface area contributed by atoms with E-state index in [4.69, 9.17) is 10.5 Å². The van der Waals surface area contributed by atoms with Gasteiger partial charge in [0.15, 0.2) is 0 Å². The van der Waals surface area contributed by atoms with Crippen molar-refractivity contribution in [2.24, 2.45) is 0 Å². The van der Waals surface area contributed by atoms with Crippen LogP contribution in [0.3, 0.4) is 0 Å². The minimum absolute atomic E-state index is 0. The van der Waals surface area contributed by atoms with Crippen LogP contribution >= 0.6 is 12.4 Å². The van der Waals surface area contributed by atoms with E-state index in [1.807, 2.05) is 10.9 Å². The van der Waals surface area contributed by atoms with Gasteiger partial charge in [-0.05, 0) is 12.8 Å². The van der Waals surface area contributed by atoms with Gasteiger partial charge in [0.05, 0.1) is 24.5 Å². The van der Waals surface area contributed by atoms with Crippen molar-refractivity contribution in [2.75, 3.05) is 12.3 Å². The summed E-state index contributed by atoms with van der Waals surface area (Å²) in [6.45, 7) is 1.72. The molecule has 1 saturated heterocycles. The number of aromatic nitrogens is 2. The third-order valence-corrected chi connectivity index (χ3v) is 2.07. The van der Waals surface area contributed by atoms with Crippen LogP contribution in [-0.2, 0) is 11.3 Å². The van der Waals surface area contributed by atoms with Crippen LogP contribution in [0.25, 0.3) is 0 Å². The zero-order valence-electron chi connectivity index (χ0n) is 7.35. The summed E-state index contributed by atoms with van der Waals surface area (Å²) in [4.78, 5) is 0. The summed E-state index contributed by atoms with van der Waals surface area (Å²) in [5.74, 6) is 0. The van der Waals surface area contributed by atoms with Crippen molar-refractivity contribution >= 4 is 18.1 Å². The van der Waals surface area contributed by atoms with Crippen LogP contribution in [0.4, 0.5) is 5.69 Å².